The van der Waals surface area contributed by atoms with E-state index in [0.29, 0.717) is 18.8 Å². The maximum atomic E-state index is 12.9. The number of halogens is 1. The Bertz CT molecular complexity index is 393. The molecule has 0 aliphatic carbocycles. The topological polar surface area (TPSA) is 49.5 Å². The van der Waals surface area contributed by atoms with Crippen LogP contribution >= 0.6 is 0 Å². The van der Waals surface area contributed by atoms with Gasteiger partial charge in [-0.25, -0.2) is 4.39 Å². The van der Waals surface area contributed by atoms with E-state index in [2.05, 4.69) is 4.90 Å². The molecule has 88 valence electrons. The quantitative estimate of drug-likeness (QED) is 0.746. The molecule has 0 radical (unpaired) electrons. The van der Waals surface area contributed by atoms with E-state index < -0.39 is 5.60 Å². The Morgan fingerprint density at radius 3 is 2.88 bits per heavy atom. The summed E-state index contributed by atoms with van der Waals surface area (Å²) in [4.78, 5) is 2.13. The molecule has 0 aromatic heterocycles. The van der Waals surface area contributed by atoms with Crippen molar-refractivity contribution in [2.45, 2.75) is 25.5 Å². The van der Waals surface area contributed by atoms with E-state index in [9.17, 15) is 9.50 Å². The number of hydrogen-bond acceptors (Lipinski definition) is 3. The fourth-order valence-electron chi connectivity index (χ4n) is 2.12. The summed E-state index contributed by atoms with van der Waals surface area (Å²) in [5, 5.41) is 9.82. The lowest BCUT2D eigenvalue weighted by atomic mass is 10.1. The summed E-state index contributed by atoms with van der Waals surface area (Å²) in [7, 11) is 0. The fourth-order valence-corrected chi connectivity index (χ4v) is 2.12. The molecular weight excluding hydrogens is 207 g/mol. The molecule has 1 heterocycles. The number of anilines is 1. The first-order chi connectivity index (χ1) is 7.46. The van der Waals surface area contributed by atoms with Crippen LogP contribution in [-0.2, 0) is 6.54 Å². The first kappa shape index (κ1) is 11.4. The Balaban J connectivity index is 2.05. The second-order valence-corrected chi connectivity index (χ2v) is 4.80. The molecule has 0 saturated carbocycles. The molecule has 3 nitrogen and oxygen atoms in total. The molecule has 1 aromatic carbocycles. The lowest BCUT2D eigenvalue weighted by molar-refractivity contribution is 0.0679. The molecule has 1 atom stereocenters. The monoisotopic (exact) mass is 224 g/mol. The van der Waals surface area contributed by atoms with Crippen LogP contribution in [0.2, 0.25) is 0 Å². The average molecular weight is 224 g/mol. The highest BCUT2D eigenvalue weighted by molar-refractivity contribution is 5.46. The zero-order chi connectivity index (χ0) is 11.8. The minimum absolute atomic E-state index is 0.310. The third-order valence-corrected chi connectivity index (χ3v) is 3.03. The summed E-state index contributed by atoms with van der Waals surface area (Å²) in [6, 6.07) is 4.46. The van der Waals surface area contributed by atoms with Crippen LogP contribution in [0.1, 0.15) is 18.9 Å². The van der Waals surface area contributed by atoms with E-state index in [1.165, 1.54) is 12.1 Å². The zero-order valence-corrected chi connectivity index (χ0v) is 9.41. The molecular formula is C12H17FN2O. The highest BCUT2D eigenvalue weighted by Crippen LogP contribution is 2.24. The zero-order valence-electron chi connectivity index (χ0n) is 9.41. The lowest BCUT2D eigenvalue weighted by Crippen LogP contribution is -2.29. The summed E-state index contributed by atoms with van der Waals surface area (Å²) in [5.41, 5.74) is 6.53. The number of nitrogen functional groups attached to an aromatic ring is 1. The van der Waals surface area contributed by atoms with Gasteiger partial charge in [-0.05, 0) is 31.0 Å². The van der Waals surface area contributed by atoms with Crippen LogP contribution in [-0.4, -0.2) is 28.7 Å². The molecule has 0 spiro atoms. The van der Waals surface area contributed by atoms with E-state index in [1.807, 2.05) is 6.92 Å². The summed E-state index contributed by atoms with van der Waals surface area (Å²) in [6.45, 7) is 4.00. The van der Waals surface area contributed by atoms with Crippen LogP contribution in [0.4, 0.5) is 10.1 Å². The molecule has 1 fully saturated rings. The molecule has 4 heteroatoms. The van der Waals surface area contributed by atoms with Crippen LogP contribution in [0.25, 0.3) is 0 Å². The Hall–Kier alpha value is -1.13. The Morgan fingerprint density at radius 1 is 1.56 bits per heavy atom. The standard InChI is InChI=1S/C12H17FN2O/c1-12(16)4-5-15(8-12)7-9-2-3-10(13)6-11(9)14/h2-3,6,16H,4-5,7-8,14H2,1H3. The molecule has 1 aliphatic heterocycles. The molecule has 2 rings (SSSR count). The molecule has 1 unspecified atom stereocenters. The van der Waals surface area contributed by atoms with Crippen molar-refractivity contribution in [3.8, 4) is 0 Å². The number of rotatable bonds is 2. The maximum Gasteiger partial charge on any atom is 0.125 e. The fraction of sp³-hybridized carbons (Fsp3) is 0.500. The highest BCUT2D eigenvalue weighted by Gasteiger charge is 2.31. The van der Waals surface area contributed by atoms with Gasteiger partial charge in [-0.3, -0.25) is 4.90 Å². The number of aliphatic hydroxyl groups is 1. The average Bonchev–Trinajstić information content (AvgIpc) is 2.51. The molecule has 1 saturated heterocycles. The van der Waals surface area contributed by atoms with Crippen LogP contribution in [0.15, 0.2) is 18.2 Å². The molecule has 3 N–H and O–H groups in total. The predicted octanol–water partition coefficient (Wildman–Crippen LogP) is 1.36. The van der Waals surface area contributed by atoms with Crippen LogP contribution in [0.5, 0.6) is 0 Å². The third-order valence-electron chi connectivity index (χ3n) is 3.03. The minimum Gasteiger partial charge on any atom is -0.398 e. The number of β-amino-alcohol motifs (C(OH)–C–C–N with tert-alkyl or cyclic N) is 1. The highest BCUT2D eigenvalue weighted by atomic mass is 19.1. The molecule has 1 aromatic rings. The molecule has 0 amide bonds. The van der Waals surface area contributed by atoms with Crippen molar-refractivity contribution >= 4 is 5.69 Å². The van der Waals surface area contributed by atoms with Gasteiger partial charge in [-0.2, -0.15) is 0 Å². The van der Waals surface area contributed by atoms with Gasteiger partial charge in [-0.1, -0.05) is 6.07 Å². The van der Waals surface area contributed by atoms with E-state index in [-0.39, 0.29) is 5.82 Å². The van der Waals surface area contributed by atoms with E-state index >= 15 is 0 Å². The largest absolute Gasteiger partial charge is 0.398 e. The Kier molecular flexibility index (Phi) is 2.86. The smallest absolute Gasteiger partial charge is 0.125 e. The van der Waals surface area contributed by atoms with Crippen molar-refractivity contribution in [3.05, 3.63) is 29.6 Å². The van der Waals surface area contributed by atoms with Gasteiger partial charge >= 0.3 is 0 Å². The van der Waals surface area contributed by atoms with Crippen molar-refractivity contribution in [3.63, 3.8) is 0 Å². The van der Waals surface area contributed by atoms with Gasteiger partial charge in [-0.15, -0.1) is 0 Å². The first-order valence-corrected chi connectivity index (χ1v) is 5.45. The Morgan fingerprint density at radius 2 is 2.31 bits per heavy atom. The van der Waals surface area contributed by atoms with Crippen LogP contribution < -0.4 is 5.73 Å². The van der Waals surface area contributed by atoms with Gasteiger partial charge in [0.1, 0.15) is 5.82 Å². The molecule has 0 bridgehead atoms. The van der Waals surface area contributed by atoms with Gasteiger partial charge in [0.2, 0.25) is 0 Å². The predicted molar refractivity (Wildman–Crippen MR) is 61.3 cm³/mol. The van der Waals surface area contributed by atoms with Gasteiger partial charge in [0.15, 0.2) is 0 Å². The van der Waals surface area contributed by atoms with Crippen molar-refractivity contribution in [2.75, 3.05) is 18.8 Å². The number of nitrogens with two attached hydrogens (primary N) is 1. The summed E-state index contributed by atoms with van der Waals surface area (Å²) < 4.78 is 12.9. The van der Waals surface area contributed by atoms with E-state index in [1.54, 1.807) is 6.07 Å². The van der Waals surface area contributed by atoms with Gasteiger partial charge in [0, 0.05) is 25.3 Å². The lowest BCUT2D eigenvalue weighted by Gasteiger charge is -2.19. The van der Waals surface area contributed by atoms with Crippen molar-refractivity contribution in [1.82, 2.24) is 4.90 Å². The Labute approximate surface area is 94.7 Å². The minimum atomic E-state index is -0.602. The maximum absolute atomic E-state index is 12.9. The number of benzene rings is 1. The SMILES string of the molecule is CC1(O)CCN(Cc2ccc(F)cc2N)C1. The van der Waals surface area contributed by atoms with Gasteiger partial charge < -0.3 is 10.8 Å². The first-order valence-electron chi connectivity index (χ1n) is 5.45. The van der Waals surface area contributed by atoms with Crippen LogP contribution in [0.3, 0.4) is 0 Å². The number of nitrogens with zero attached hydrogens (tertiary/aromatic N) is 1. The van der Waals surface area contributed by atoms with Crippen molar-refractivity contribution in [2.24, 2.45) is 0 Å². The van der Waals surface area contributed by atoms with Gasteiger partial charge in [0.05, 0.1) is 5.60 Å². The number of likely N-dealkylation sites (tertiary alicyclic amines) is 1. The normalized spacial score (nSPS) is 26.2. The second-order valence-electron chi connectivity index (χ2n) is 4.80. The summed E-state index contributed by atoms with van der Waals surface area (Å²) in [5.74, 6) is -0.310. The summed E-state index contributed by atoms with van der Waals surface area (Å²) in [6.07, 6.45) is 0.772. The van der Waals surface area contributed by atoms with Crippen molar-refractivity contribution < 1.29 is 9.50 Å². The van der Waals surface area contributed by atoms with E-state index in [0.717, 1.165) is 18.5 Å². The van der Waals surface area contributed by atoms with Gasteiger partial charge in [0.25, 0.3) is 0 Å². The third kappa shape index (κ3) is 2.51. The second kappa shape index (κ2) is 4.03. The van der Waals surface area contributed by atoms with E-state index in [4.69, 9.17) is 5.73 Å². The van der Waals surface area contributed by atoms with Crippen molar-refractivity contribution in [1.29, 1.82) is 0 Å². The molecule has 1 aliphatic rings. The summed E-state index contributed by atoms with van der Waals surface area (Å²) >= 11 is 0. The molecule has 16 heavy (non-hydrogen) atoms. The van der Waals surface area contributed by atoms with Crippen LogP contribution in [0, 0.1) is 5.82 Å². The number of hydrogen-bond donors (Lipinski definition) is 2.